The number of anilines is 2. The molecule has 4 nitrogen and oxygen atoms in total. The molecule has 3 rings (SSSR count). The Balaban J connectivity index is 2.06. The van der Waals surface area contributed by atoms with Crippen molar-refractivity contribution in [3.8, 4) is 0 Å². The highest BCUT2D eigenvalue weighted by Crippen LogP contribution is 2.23. The highest BCUT2D eigenvalue weighted by atomic mass is 32.1. The van der Waals surface area contributed by atoms with E-state index in [0.29, 0.717) is 10.8 Å². The van der Waals surface area contributed by atoms with E-state index < -0.39 is 0 Å². The number of hydrogen-bond donors (Lipinski definition) is 2. The van der Waals surface area contributed by atoms with Crippen molar-refractivity contribution >= 4 is 39.6 Å². The summed E-state index contributed by atoms with van der Waals surface area (Å²) < 4.78 is 0. The summed E-state index contributed by atoms with van der Waals surface area (Å²) in [5.41, 5.74) is 9.34. The first-order valence-corrected chi connectivity index (χ1v) is 6.93. The summed E-state index contributed by atoms with van der Waals surface area (Å²) in [6, 6.07) is 13.6. The number of para-hydroxylation sites is 1. The lowest BCUT2D eigenvalue weighted by Gasteiger charge is -2.10. The lowest BCUT2D eigenvalue weighted by molar-refractivity contribution is 1.20. The zero-order valence-electron chi connectivity index (χ0n) is 11.5. The van der Waals surface area contributed by atoms with Crippen LogP contribution in [0.15, 0.2) is 48.7 Å². The van der Waals surface area contributed by atoms with Crippen molar-refractivity contribution < 1.29 is 0 Å². The van der Waals surface area contributed by atoms with Crippen molar-refractivity contribution in [3.05, 3.63) is 59.9 Å². The SMILES string of the molecule is Cc1ccc(Nc2cc(C(N)=S)c3ccccc3n2)cn1. The molecule has 3 N–H and O–H groups in total. The van der Waals surface area contributed by atoms with Crippen LogP contribution in [0.25, 0.3) is 10.9 Å². The molecule has 5 heteroatoms. The van der Waals surface area contributed by atoms with Crippen LogP contribution in [-0.4, -0.2) is 15.0 Å². The lowest BCUT2D eigenvalue weighted by Crippen LogP contribution is -2.11. The summed E-state index contributed by atoms with van der Waals surface area (Å²) in [4.78, 5) is 9.20. The van der Waals surface area contributed by atoms with E-state index in [1.165, 1.54) is 0 Å². The first-order valence-electron chi connectivity index (χ1n) is 6.53. The highest BCUT2D eigenvalue weighted by Gasteiger charge is 2.08. The Labute approximate surface area is 128 Å². The molecule has 2 heterocycles. The Bertz CT molecular complexity index is 812. The molecule has 2 aromatic heterocycles. The van der Waals surface area contributed by atoms with Crippen LogP contribution < -0.4 is 11.1 Å². The third-order valence-electron chi connectivity index (χ3n) is 3.17. The van der Waals surface area contributed by atoms with Crippen molar-refractivity contribution in [2.45, 2.75) is 6.92 Å². The molecule has 0 aliphatic heterocycles. The van der Waals surface area contributed by atoms with Crippen molar-refractivity contribution in [1.29, 1.82) is 0 Å². The Morgan fingerprint density at radius 2 is 2.00 bits per heavy atom. The van der Waals surface area contributed by atoms with Gasteiger partial charge in [0.15, 0.2) is 0 Å². The van der Waals surface area contributed by atoms with Crippen molar-refractivity contribution in [2.75, 3.05) is 5.32 Å². The van der Waals surface area contributed by atoms with Gasteiger partial charge in [-0.2, -0.15) is 0 Å². The monoisotopic (exact) mass is 294 g/mol. The summed E-state index contributed by atoms with van der Waals surface area (Å²) in [6.45, 7) is 1.95. The van der Waals surface area contributed by atoms with Gasteiger partial charge in [0.1, 0.15) is 10.8 Å². The van der Waals surface area contributed by atoms with Crippen molar-refractivity contribution in [1.82, 2.24) is 9.97 Å². The molecule has 0 aliphatic carbocycles. The number of benzene rings is 1. The number of hydrogen-bond acceptors (Lipinski definition) is 4. The van der Waals surface area contributed by atoms with E-state index in [0.717, 1.165) is 27.8 Å². The minimum absolute atomic E-state index is 0.360. The highest BCUT2D eigenvalue weighted by molar-refractivity contribution is 7.80. The van der Waals surface area contributed by atoms with Gasteiger partial charge < -0.3 is 11.1 Å². The molecule has 21 heavy (non-hydrogen) atoms. The van der Waals surface area contributed by atoms with Gasteiger partial charge in [0.2, 0.25) is 0 Å². The molecule has 0 radical (unpaired) electrons. The molecule has 0 atom stereocenters. The average Bonchev–Trinajstić information content (AvgIpc) is 2.48. The Morgan fingerprint density at radius 3 is 2.71 bits per heavy atom. The largest absolute Gasteiger partial charge is 0.389 e. The van der Waals surface area contributed by atoms with Gasteiger partial charge in [-0.15, -0.1) is 0 Å². The fourth-order valence-corrected chi connectivity index (χ4v) is 2.30. The summed E-state index contributed by atoms with van der Waals surface area (Å²) >= 11 is 5.14. The minimum atomic E-state index is 0.360. The number of fused-ring (bicyclic) bond motifs is 1. The maximum atomic E-state index is 5.83. The van der Waals surface area contributed by atoms with E-state index in [9.17, 15) is 0 Å². The second kappa shape index (κ2) is 5.46. The molecular weight excluding hydrogens is 280 g/mol. The second-order valence-electron chi connectivity index (χ2n) is 4.75. The van der Waals surface area contributed by atoms with E-state index in [1.54, 1.807) is 6.20 Å². The van der Waals surface area contributed by atoms with Crippen LogP contribution in [0.3, 0.4) is 0 Å². The second-order valence-corrected chi connectivity index (χ2v) is 5.19. The zero-order chi connectivity index (χ0) is 14.8. The number of rotatable bonds is 3. The number of nitrogens with zero attached hydrogens (tertiary/aromatic N) is 2. The fraction of sp³-hybridized carbons (Fsp3) is 0.0625. The predicted molar refractivity (Wildman–Crippen MR) is 89.9 cm³/mol. The van der Waals surface area contributed by atoms with Crippen molar-refractivity contribution in [3.63, 3.8) is 0 Å². The molecule has 3 aromatic rings. The van der Waals surface area contributed by atoms with Crippen LogP contribution in [0, 0.1) is 6.92 Å². The molecule has 0 saturated heterocycles. The molecule has 0 fully saturated rings. The molecule has 0 amide bonds. The number of aryl methyl sites for hydroxylation is 1. The molecule has 0 bridgehead atoms. The molecule has 0 saturated carbocycles. The van der Waals surface area contributed by atoms with Gasteiger partial charge in [-0.3, -0.25) is 4.98 Å². The van der Waals surface area contributed by atoms with Crippen LogP contribution in [0.4, 0.5) is 11.5 Å². The molecule has 0 aliphatic rings. The maximum absolute atomic E-state index is 5.83. The first kappa shape index (κ1) is 13.5. The number of nitrogens with two attached hydrogens (primary N) is 1. The van der Waals surface area contributed by atoms with Gasteiger partial charge in [-0.25, -0.2) is 4.98 Å². The summed E-state index contributed by atoms with van der Waals surface area (Å²) in [5.74, 6) is 0.696. The van der Waals surface area contributed by atoms with Gasteiger partial charge >= 0.3 is 0 Å². The Hall–Kier alpha value is -2.53. The number of aromatic nitrogens is 2. The van der Waals surface area contributed by atoms with Gasteiger partial charge in [0, 0.05) is 16.6 Å². The van der Waals surface area contributed by atoms with Crippen LogP contribution in [0.1, 0.15) is 11.3 Å². The maximum Gasteiger partial charge on any atom is 0.131 e. The summed E-state index contributed by atoms with van der Waals surface area (Å²) in [5, 5.41) is 4.19. The van der Waals surface area contributed by atoms with Gasteiger partial charge in [-0.05, 0) is 31.2 Å². The van der Waals surface area contributed by atoms with Crippen LogP contribution in [-0.2, 0) is 0 Å². The van der Waals surface area contributed by atoms with E-state index in [4.69, 9.17) is 18.0 Å². The van der Waals surface area contributed by atoms with Crippen LogP contribution in [0.5, 0.6) is 0 Å². The van der Waals surface area contributed by atoms with E-state index >= 15 is 0 Å². The molecule has 0 spiro atoms. The smallest absolute Gasteiger partial charge is 0.131 e. The first-order chi connectivity index (χ1) is 10.1. The molecule has 104 valence electrons. The third-order valence-corrected chi connectivity index (χ3v) is 3.39. The normalized spacial score (nSPS) is 10.5. The van der Waals surface area contributed by atoms with Crippen molar-refractivity contribution in [2.24, 2.45) is 5.73 Å². The summed E-state index contributed by atoms with van der Waals surface area (Å²) in [6.07, 6.45) is 1.77. The average molecular weight is 294 g/mol. The van der Waals surface area contributed by atoms with E-state index in [2.05, 4.69) is 15.3 Å². The Kier molecular flexibility index (Phi) is 3.50. The van der Waals surface area contributed by atoms with Gasteiger partial charge in [0.05, 0.1) is 17.4 Å². The number of pyridine rings is 2. The Morgan fingerprint density at radius 1 is 1.19 bits per heavy atom. The molecule has 1 aromatic carbocycles. The van der Waals surface area contributed by atoms with E-state index in [1.807, 2.05) is 49.4 Å². The standard InChI is InChI=1S/C16H14N4S/c1-10-6-7-11(9-18-10)19-15-8-13(16(17)21)12-4-2-3-5-14(12)20-15/h2-9H,1H3,(H2,17,21)(H,19,20). The quantitative estimate of drug-likeness (QED) is 0.726. The van der Waals surface area contributed by atoms with Crippen LogP contribution >= 0.6 is 12.2 Å². The van der Waals surface area contributed by atoms with Gasteiger partial charge in [-0.1, -0.05) is 30.4 Å². The zero-order valence-corrected chi connectivity index (χ0v) is 12.3. The minimum Gasteiger partial charge on any atom is -0.389 e. The lowest BCUT2D eigenvalue weighted by atomic mass is 10.1. The van der Waals surface area contributed by atoms with Gasteiger partial charge in [0.25, 0.3) is 0 Å². The fourth-order valence-electron chi connectivity index (χ4n) is 2.13. The summed E-state index contributed by atoms with van der Waals surface area (Å²) in [7, 11) is 0. The third kappa shape index (κ3) is 2.83. The number of thiocarbonyl (C=S) groups is 1. The van der Waals surface area contributed by atoms with Crippen LogP contribution in [0.2, 0.25) is 0 Å². The topological polar surface area (TPSA) is 63.8 Å². The molecule has 0 unspecified atom stereocenters. The van der Waals surface area contributed by atoms with E-state index in [-0.39, 0.29) is 0 Å². The number of nitrogens with one attached hydrogen (secondary N) is 1. The predicted octanol–water partition coefficient (Wildman–Crippen LogP) is 3.32. The molecular formula is C16H14N4S.